The second-order valence-electron chi connectivity index (χ2n) is 9.12. The summed E-state index contributed by atoms with van der Waals surface area (Å²) in [6.07, 6.45) is 2.38. The Morgan fingerprint density at radius 2 is 1.53 bits per heavy atom. The first-order chi connectivity index (χ1) is 15.0. The monoisotopic (exact) mass is 455 g/mol. The standard InChI is InChI=1S/C25H29NO5S/c1-25(2,3)32(30,31)15-9-5-8-12-20(27)16-18-13-14-21-22(17-18)24(29)26(23(21)28)19-10-6-4-7-11-19/h4,6-7,10-11,13-14,17H,5,8-9,12,15-16H2,1-3H3. The third-order valence-corrected chi connectivity index (χ3v) is 8.36. The molecule has 6 nitrogen and oxygen atoms in total. The molecule has 32 heavy (non-hydrogen) atoms. The van der Waals surface area contributed by atoms with Crippen LogP contribution in [0.1, 0.15) is 72.7 Å². The maximum atomic E-state index is 12.8. The van der Waals surface area contributed by atoms with E-state index in [1.165, 1.54) is 0 Å². The summed E-state index contributed by atoms with van der Waals surface area (Å²) in [7, 11) is -3.14. The van der Waals surface area contributed by atoms with Gasteiger partial charge in [-0.15, -0.1) is 0 Å². The van der Waals surface area contributed by atoms with Crippen LogP contribution in [0.25, 0.3) is 0 Å². The lowest BCUT2D eigenvalue weighted by Crippen LogP contribution is -2.30. The molecule has 2 aromatic rings. The number of nitrogens with zero attached hydrogens (tertiary/aromatic N) is 1. The molecular formula is C25H29NO5S. The average Bonchev–Trinajstić information content (AvgIpc) is 2.97. The molecular weight excluding hydrogens is 426 g/mol. The number of Topliss-reactive ketones (excluding diaryl/α,β-unsaturated/α-hetero) is 1. The number of fused-ring (bicyclic) bond motifs is 1. The lowest BCUT2D eigenvalue weighted by molar-refractivity contribution is -0.118. The topological polar surface area (TPSA) is 88.6 Å². The Morgan fingerprint density at radius 1 is 0.875 bits per heavy atom. The van der Waals surface area contributed by atoms with Crippen molar-refractivity contribution >= 4 is 33.1 Å². The van der Waals surface area contributed by atoms with E-state index in [1.54, 1.807) is 63.2 Å². The van der Waals surface area contributed by atoms with Gasteiger partial charge < -0.3 is 0 Å². The molecule has 0 N–H and O–H groups in total. The van der Waals surface area contributed by atoms with Crippen LogP contribution < -0.4 is 4.90 Å². The third kappa shape index (κ3) is 5.15. The van der Waals surface area contributed by atoms with Crippen LogP contribution in [0.4, 0.5) is 5.69 Å². The van der Waals surface area contributed by atoms with Gasteiger partial charge in [-0.05, 0) is 63.4 Å². The van der Waals surface area contributed by atoms with Crippen LogP contribution in [0.15, 0.2) is 48.5 Å². The van der Waals surface area contributed by atoms with Crippen LogP contribution in [0.2, 0.25) is 0 Å². The molecule has 0 saturated carbocycles. The van der Waals surface area contributed by atoms with Gasteiger partial charge in [-0.3, -0.25) is 14.4 Å². The fourth-order valence-corrected chi connectivity index (χ4v) is 4.82. The Labute approximate surface area is 189 Å². The molecule has 1 aliphatic rings. The van der Waals surface area contributed by atoms with Gasteiger partial charge in [-0.2, -0.15) is 0 Å². The lowest BCUT2D eigenvalue weighted by Gasteiger charge is -2.18. The summed E-state index contributed by atoms with van der Waals surface area (Å²) >= 11 is 0. The number of unbranched alkanes of at least 4 members (excludes halogenated alkanes) is 2. The van der Waals surface area contributed by atoms with Gasteiger partial charge in [-0.1, -0.05) is 30.7 Å². The largest absolute Gasteiger partial charge is 0.299 e. The van der Waals surface area contributed by atoms with E-state index in [2.05, 4.69) is 0 Å². The van der Waals surface area contributed by atoms with E-state index in [-0.39, 0.29) is 29.8 Å². The second kappa shape index (κ2) is 9.36. The minimum absolute atomic E-state index is 0.0281. The molecule has 0 bridgehead atoms. The zero-order valence-electron chi connectivity index (χ0n) is 18.8. The molecule has 0 saturated heterocycles. The summed E-state index contributed by atoms with van der Waals surface area (Å²) in [6.45, 7) is 5.08. The number of sulfone groups is 1. The first-order valence-corrected chi connectivity index (χ1v) is 12.5. The molecule has 0 aliphatic carbocycles. The van der Waals surface area contributed by atoms with Crippen LogP contribution in [0.3, 0.4) is 0 Å². The number of benzene rings is 2. The first-order valence-electron chi connectivity index (χ1n) is 10.8. The van der Waals surface area contributed by atoms with Gasteiger partial charge in [0.2, 0.25) is 0 Å². The molecule has 0 spiro atoms. The van der Waals surface area contributed by atoms with Crippen LogP contribution in [0.5, 0.6) is 0 Å². The summed E-state index contributed by atoms with van der Waals surface area (Å²) in [5.41, 5.74) is 1.87. The van der Waals surface area contributed by atoms with Crippen molar-refractivity contribution in [3.63, 3.8) is 0 Å². The van der Waals surface area contributed by atoms with Crippen LogP contribution >= 0.6 is 0 Å². The third-order valence-electron chi connectivity index (χ3n) is 5.67. The molecule has 1 heterocycles. The summed E-state index contributed by atoms with van der Waals surface area (Å²) in [4.78, 5) is 39.0. The number of para-hydroxylation sites is 1. The number of anilines is 1. The van der Waals surface area contributed by atoms with E-state index in [9.17, 15) is 22.8 Å². The van der Waals surface area contributed by atoms with Crippen molar-refractivity contribution in [1.82, 2.24) is 0 Å². The summed E-state index contributed by atoms with van der Waals surface area (Å²) in [5.74, 6) is -0.589. The molecule has 0 atom stereocenters. The van der Waals surface area contributed by atoms with Gasteiger partial charge in [0, 0.05) is 12.8 Å². The second-order valence-corrected chi connectivity index (χ2v) is 12.0. The fourth-order valence-electron chi connectivity index (χ4n) is 3.62. The molecule has 0 unspecified atom stereocenters. The van der Waals surface area contributed by atoms with Gasteiger partial charge in [0.1, 0.15) is 5.78 Å². The van der Waals surface area contributed by atoms with E-state index in [0.717, 1.165) is 4.90 Å². The predicted molar refractivity (Wildman–Crippen MR) is 125 cm³/mol. The first kappa shape index (κ1) is 23.9. The van der Waals surface area contributed by atoms with Crippen molar-refractivity contribution in [3.05, 3.63) is 65.2 Å². The fraction of sp³-hybridized carbons (Fsp3) is 0.400. The predicted octanol–water partition coefficient (Wildman–Crippen LogP) is 4.37. The highest BCUT2D eigenvalue weighted by Crippen LogP contribution is 2.29. The van der Waals surface area contributed by atoms with E-state index < -0.39 is 14.6 Å². The normalized spacial score (nSPS) is 14.0. The number of hydrogen-bond donors (Lipinski definition) is 0. The maximum Gasteiger partial charge on any atom is 0.266 e. The van der Waals surface area contributed by atoms with Gasteiger partial charge in [0.05, 0.1) is 27.3 Å². The van der Waals surface area contributed by atoms with Gasteiger partial charge in [-0.25, -0.2) is 13.3 Å². The van der Waals surface area contributed by atoms with Crippen molar-refractivity contribution in [2.24, 2.45) is 0 Å². The quantitative estimate of drug-likeness (QED) is 0.414. The lowest BCUT2D eigenvalue weighted by atomic mass is 10.00. The van der Waals surface area contributed by atoms with E-state index in [0.29, 0.717) is 48.1 Å². The van der Waals surface area contributed by atoms with Crippen LogP contribution in [-0.2, 0) is 21.1 Å². The molecule has 2 aromatic carbocycles. The minimum atomic E-state index is -3.14. The van der Waals surface area contributed by atoms with E-state index in [1.807, 2.05) is 6.07 Å². The summed E-state index contributed by atoms with van der Waals surface area (Å²) in [5, 5.41) is 0. The molecule has 170 valence electrons. The molecule has 0 fully saturated rings. The number of imide groups is 1. The minimum Gasteiger partial charge on any atom is -0.299 e. The SMILES string of the molecule is CC(C)(C)S(=O)(=O)CCCCCC(=O)Cc1ccc2c(c1)C(=O)N(c1ccccc1)C2=O. The number of carbonyl (C=O) groups excluding carboxylic acids is 3. The van der Waals surface area contributed by atoms with Crippen molar-refractivity contribution < 1.29 is 22.8 Å². The Balaban J connectivity index is 1.54. The van der Waals surface area contributed by atoms with Crippen molar-refractivity contribution in [3.8, 4) is 0 Å². The Morgan fingerprint density at radius 3 is 2.19 bits per heavy atom. The van der Waals surface area contributed by atoms with Gasteiger partial charge in [0.15, 0.2) is 9.84 Å². The van der Waals surface area contributed by atoms with Crippen molar-refractivity contribution in [2.45, 2.75) is 57.6 Å². The molecule has 0 radical (unpaired) electrons. The van der Waals surface area contributed by atoms with Crippen LogP contribution in [-0.4, -0.2) is 36.5 Å². The molecule has 2 amide bonds. The highest BCUT2D eigenvalue weighted by atomic mass is 32.2. The summed E-state index contributed by atoms with van der Waals surface area (Å²) in [6, 6.07) is 13.7. The van der Waals surface area contributed by atoms with E-state index in [4.69, 9.17) is 0 Å². The number of rotatable bonds is 9. The zero-order chi connectivity index (χ0) is 23.5. The maximum absolute atomic E-state index is 12.8. The average molecular weight is 456 g/mol. The van der Waals surface area contributed by atoms with Crippen molar-refractivity contribution in [2.75, 3.05) is 10.7 Å². The zero-order valence-corrected chi connectivity index (χ0v) is 19.6. The molecule has 7 heteroatoms. The smallest absolute Gasteiger partial charge is 0.266 e. The Bertz CT molecular complexity index is 1130. The van der Waals surface area contributed by atoms with Crippen LogP contribution in [0, 0.1) is 0 Å². The Kier molecular flexibility index (Phi) is 6.98. The number of hydrogen-bond acceptors (Lipinski definition) is 5. The van der Waals surface area contributed by atoms with Crippen molar-refractivity contribution in [1.29, 1.82) is 0 Å². The molecule has 1 aliphatic heterocycles. The van der Waals surface area contributed by atoms with Gasteiger partial charge in [0.25, 0.3) is 11.8 Å². The molecule has 3 rings (SSSR count). The Hall–Kier alpha value is -2.80. The number of amides is 2. The highest BCUT2D eigenvalue weighted by Gasteiger charge is 2.36. The summed E-state index contributed by atoms with van der Waals surface area (Å²) < 4.78 is 23.5. The van der Waals surface area contributed by atoms with E-state index >= 15 is 0 Å². The number of carbonyl (C=O) groups is 3. The van der Waals surface area contributed by atoms with Gasteiger partial charge >= 0.3 is 0 Å². The highest BCUT2D eigenvalue weighted by molar-refractivity contribution is 7.92. The molecule has 0 aromatic heterocycles. The number of ketones is 1.